The number of aliphatic carboxylic acids is 1. The maximum atomic E-state index is 11.8. The number of benzene rings is 3. The molecule has 0 unspecified atom stereocenters. The number of carboxylic acids is 1. The average Bonchev–Trinajstić information content (AvgIpc) is 3.68. The summed E-state index contributed by atoms with van der Waals surface area (Å²) in [5.74, 6) is 1.91. The molecule has 0 aliphatic rings. The number of alkyl carbamates (subject to hydrolysis) is 1. The van der Waals surface area contributed by atoms with E-state index in [0.717, 1.165) is 42.6 Å². The molecule has 0 saturated carbocycles. The fourth-order valence-corrected chi connectivity index (χ4v) is 9.47. The number of hydrogen-bond donors (Lipinski definition) is 2. The van der Waals surface area contributed by atoms with Crippen molar-refractivity contribution in [1.82, 2.24) is 20.3 Å². The van der Waals surface area contributed by atoms with E-state index >= 15 is 0 Å². The Morgan fingerprint density at radius 3 is 1.66 bits per heavy atom. The lowest BCUT2D eigenvalue weighted by Crippen LogP contribution is -2.32. The number of aromatic nitrogens is 3. The molecule has 0 aliphatic heterocycles. The van der Waals surface area contributed by atoms with E-state index in [-0.39, 0.29) is 13.0 Å². The van der Waals surface area contributed by atoms with Gasteiger partial charge >= 0.3 is 12.1 Å². The van der Waals surface area contributed by atoms with Gasteiger partial charge in [-0.3, -0.25) is 4.79 Å². The normalized spacial score (nSPS) is 11.4. The summed E-state index contributed by atoms with van der Waals surface area (Å²) in [5.41, 5.74) is 1.94. The quantitative estimate of drug-likeness (QED) is 0.0365. The molecule has 1 aromatic heterocycles. The van der Waals surface area contributed by atoms with Crippen LogP contribution in [-0.2, 0) is 64.1 Å². The van der Waals surface area contributed by atoms with Gasteiger partial charge in [0, 0.05) is 6.54 Å². The van der Waals surface area contributed by atoms with Crippen LogP contribution in [0.2, 0.25) is 0 Å². The number of rotatable bonds is 31. The number of nitrogens with zero attached hydrogens (tertiary/aromatic N) is 3. The highest BCUT2D eigenvalue weighted by atomic mass is 127. The van der Waals surface area contributed by atoms with Gasteiger partial charge in [0.05, 0.1) is 118 Å². The summed E-state index contributed by atoms with van der Waals surface area (Å²) < 4.78 is 62.1. The highest BCUT2D eigenvalue weighted by molar-refractivity contribution is 14.1. The highest BCUT2D eigenvalue weighted by Crippen LogP contribution is 2.37. The van der Waals surface area contributed by atoms with Gasteiger partial charge in [-0.05, 0) is 159 Å². The van der Waals surface area contributed by atoms with Gasteiger partial charge in [0.25, 0.3) is 0 Å². The van der Waals surface area contributed by atoms with E-state index in [0.29, 0.717) is 110 Å². The van der Waals surface area contributed by atoms with Gasteiger partial charge < -0.3 is 57.8 Å². The predicted octanol–water partition coefficient (Wildman–Crippen LogP) is 7.90. The van der Waals surface area contributed by atoms with Gasteiger partial charge in [-0.25, -0.2) is 9.48 Å². The van der Waals surface area contributed by atoms with Crippen LogP contribution in [0.15, 0.2) is 54.7 Å². The first-order valence-corrected chi connectivity index (χ1v) is 24.6. The largest absolute Gasteiger partial charge is 0.491 e. The Bertz CT molecular complexity index is 1970. The van der Waals surface area contributed by atoms with Crippen molar-refractivity contribution in [3.8, 4) is 23.0 Å². The molecule has 0 bridgehead atoms. The molecule has 0 aliphatic carbocycles. The summed E-state index contributed by atoms with van der Waals surface area (Å²) in [6.45, 7) is 12.5. The zero-order valence-electron chi connectivity index (χ0n) is 35.9. The summed E-state index contributed by atoms with van der Waals surface area (Å²) >= 11 is 8.78. The van der Waals surface area contributed by atoms with Crippen molar-refractivity contribution in [3.63, 3.8) is 0 Å². The Morgan fingerprint density at radius 2 is 1.14 bits per heavy atom. The second-order valence-electron chi connectivity index (χ2n) is 14.5. The monoisotopic (exact) mass is 1340 g/mol. The van der Waals surface area contributed by atoms with E-state index in [1.165, 1.54) is 0 Å². The van der Waals surface area contributed by atoms with Crippen LogP contribution in [0.25, 0.3) is 0 Å². The molecule has 64 heavy (non-hydrogen) atoms. The molecule has 0 fully saturated rings. The number of hydrogen-bond acceptors (Lipinski definition) is 14. The summed E-state index contributed by atoms with van der Waals surface area (Å²) in [6, 6.07) is 14.9. The molecule has 2 N–H and O–H groups in total. The molecule has 1 amide bonds. The van der Waals surface area contributed by atoms with E-state index in [1.807, 2.05) is 69.3 Å². The van der Waals surface area contributed by atoms with Crippen molar-refractivity contribution in [2.75, 3.05) is 85.9 Å². The molecule has 352 valence electrons. The van der Waals surface area contributed by atoms with E-state index in [1.54, 1.807) is 10.9 Å². The van der Waals surface area contributed by atoms with Crippen molar-refractivity contribution < 1.29 is 62.1 Å². The average molecular weight is 1340 g/mol. The second kappa shape index (κ2) is 30.1. The highest BCUT2D eigenvalue weighted by Gasteiger charge is 2.17. The predicted molar refractivity (Wildman–Crippen MR) is 269 cm³/mol. The lowest BCUT2D eigenvalue weighted by atomic mass is 10.1. The van der Waals surface area contributed by atoms with Crippen LogP contribution < -0.4 is 19.5 Å². The standard InChI is InChI=1S/C43H54I4N4O13/c1-43(2,3)64-42(54)48-27-30-4-6-33(7-5-30)61-21-20-60-19-18-59-17-16-58-15-14-57-13-12-56-11-10-55-9-8-51-32(28-49-50-51)29-62-40-37(46)25-34(26-38(40)47)63-41-35(44)22-31(23-36(41)45)24-39(52)53/h4-7,22-23,25-26,28H,8-21,24,27,29H2,1-3H3,(H,48,54)(H,52,53). The molecule has 0 spiro atoms. The van der Waals surface area contributed by atoms with Crippen LogP contribution in [0.1, 0.15) is 37.6 Å². The first-order valence-electron chi connectivity index (χ1n) is 20.3. The Hall–Kier alpha value is -2.38. The van der Waals surface area contributed by atoms with Crippen LogP contribution in [-0.4, -0.2) is 124 Å². The molecule has 21 heteroatoms. The summed E-state index contributed by atoms with van der Waals surface area (Å²) in [4.78, 5) is 22.9. The van der Waals surface area contributed by atoms with Gasteiger partial charge in [0.15, 0.2) is 5.75 Å². The molecule has 17 nitrogen and oxygen atoms in total. The third kappa shape index (κ3) is 21.9. The SMILES string of the molecule is CC(C)(C)OC(=O)NCc1ccc(OCCOCCOCCOCCOCCOCCOCCn2nncc2COc2c(I)cc(Oc3c(I)cc(CC(=O)O)cc3I)cc2I)cc1. The molecule has 0 radical (unpaired) electrons. The number of amides is 1. The first kappa shape index (κ1) is 54.2. The van der Waals surface area contributed by atoms with Gasteiger partial charge in [-0.1, -0.05) is 17.3 Å². The molecule has 4 rings (SSSR count). The zero-order valence-corrected chi connectivity index (χ0v) is 44.5. The van der Waals surface area contributed by atoms with Gasteiger partial charge in [0.1, 0.15) is 36.1 Å². The zero-order chi connectivity index (χ0) is 46.2. The molecule has 0 atom stereocenters. The van der Waals surface area contributed by atoms with Gasteiger partial charge in [-0.15, -0.1) is 5.10 Å². The maximum absolute atomic E-state index is 11.8. The number of carboxylic acid groups (broad SMARTS) is 1. The fourth-order valence-electron chi connectivity index (χ4n) is 5.33. The van der Waals surface area contributed by atoms with E-state index in [4.69, 9.17) is 52.5 Å². The van der Waals surface area contributed by atoms with E-state index in [2.05, 4.69) is 106 Å². The minimum atomic E-state index is -0.875. The number of halogens is 4. The number of ether oxygens (including phenoxy) is 10. The summed E-state index contributed by atoms with van der Waals surface area (Å²) in [5, 5.41) is 20.1. The maximum Gasteiger partial charge on any atom is 0.407 e. The molecular formula is C43H54I4N4O13. The third-order valence-electron chi connectivity index (χ3n) is 8.23. The van der Waals surface area contributed by atoms with Crippen molar-refractivity contribution >= 4 is 102 Å². The van der Waals surface area contributed by atoms with E-state index < -0.39 is 17.7 Å². The molecular weight excluding hydrogens is 1290 g/mol. The molecule has 3 aromatic carbocycles. The van der Waals surface area contributed by atoms with Crippen LogP contribution >= 0.6 is 90.4 Å². The number of nitrogens with one attached hydrogen (secondary N) is 1. The summed E-state index contributed by atoms with van der Waals surface area (Å²) in [6.07, 6.45) is 1.18. The Balaban J connectivity index is 0.934. The van der Waals surface area contributed by atoms with Crippen LogP contribution in [0.5, 0.6) is 23.0 Å². The van der Waals surface area contributed by atoms with Gasteiger partial charge in [0.2, 0.25) is 0 Å². The second-order valence-corrected chi connectivity index (χ2v) is 19.2. The summed E-state index contributed by atoms with van der Waals surface area (Å²) in [7, 11) is 0. The third-order valence-corrected chi connectivity index (χ3v) is 11.4. The van der Waals surface area contributed by atoms with Gasteiger partial charge in [-0.2, -0.15) is 0 Å². The van der Waals surface area contributed by atoms with Crippen molar-refractivity contribution in [2.24, 2.45) is 0 Å². The fraction of sp³-hybridized carbons (Fsp3) is 0.488. The van der Waals surface area contributed by atoms with Crippen molar-refractivity contribution in [1.29, 1.82) is 0 Å². The minimum Gasteiger partial charge on any atom is -0.491 e. The number of carbonyl (C=O) groups is 2. The molecule has 1 heterocycles. The number of carbonyl (C=O) groups excluding carboxylic acids is 1. The van der Waals surface area contributed by atoms with Crippen LogP contribution in [0.3, 0.4) is 0 Å². The lowest BCUT2D eigenvalue weighted by molar-refractivity contribution is -0.136. The first-order chi connectivity index (χ1) is 30.8. The van der Waals surface area contributed by atoms with E-state index in [9.17, 15) is 9.59 Å². The van der Waals surface area contributed by atoms with Crippen LogP contribution in [0, 0.1) is 14.3 Å². The minimum absolute atomic E-state index is 0.0430. The Morgan fingerprint density at radius 1 is 0.641 bits per heavy atom. The van der Waals surface area contributed by atoms with Crippen molar-refractivity contribution in [3.05, 3.63) is 85.8 Å². The smallest absolute Gasteiger partial charge is 0.407 e. The molecule has 4 aromatic rings. The Labute approximate surface area is 428 Å². The van der Waals surface area contributed by atoms with Crippen molar-refractivity contribution in [2.45, 2.75) is 52.5 Å². The Kier molecular flexibility index (Phi) is 25.5. The topological polar surface area (TPSA) is 189 Å². The van der Waals surface area contributed by atoms with Crippen LogP contribution in [0.4, 0.5) is 4.79 Å². The molecule has 0 saturated heterocycles. The lowest BCUT2D eigenvalue weighted by Gasteiger charge is -2.19.